The quantitative estimate of drug-likeness (QED) is 0.547. The fourth-order valence-corrected chi connectivity index (χ4v) is 4.36. The van der Waals surface area contributed by atoms with Crippen LogP contribution < -0.4 is 15.0 Å². The maximum absolute atomic E-state index is 13.0. The van der Waals surface area contributed by atoms with Crippen molar-refractivity contribution in [2.24, 2.45) is 0 Å². The molecule has 1 aliphatic heterocycles. The zero-order valence-corrected chi connectivity index (χ0v) is 19.1. The summed E-state index contributed by atoms with van der Waals surface area (Å²) in [5.41, 5.74) is 3.22. The van der Waals surface area contributed by atoms with Gasteiger partial charge in [-0.3, -0.25) is 4.79 Å². The molecule has 0 aromatic heterocycles. The lowest BCUT2D eigenvalue weighted by atomic mass is 9.98. The standard InChI is InChI=1S/C26H34N2O4/c1-3-10-22(20-11-6-7-12-23(20)28-15-8-5-9-16-28)27-25(29)18-19-13-14-21(26(30)31)24(17-19)32-4-2/h6-7,11-14,17,22H,3-5,8-10,15-16,18H2,1-2H3,(H,27,29)(H,30,31)/t22-/m1/s1. The summed E-state index contributed by atoms with van der Waals surface area (Å²) in [5.74, 6) is -0.824. The number of rotatable bonds is 10. The van der Waals surface area contributed by atoms with Gasteiger partial charge in [0, 0.05) is 18.8 Å². The zero-order valence-electron chi connectivity index (χ0n) is 19.1. The first kappa shape index (κ1) is 23.6. The SMILES string of the molecule is CCC[C@@H](NC(=O)Cc1ccc(C(=O)O)c(OCC)c1)c1ccccc1N1CCCCC1. The van der Waals surface area contributed by atoms with Crippen LogP contribution in [0.5, 0.6) is 5.75 Å². The number of ether oxygens (including phenoxy) is 1. The van der Waals surface area contributed by atoms with Crippen LogP contribution in [0.4, 0.5) is 5.69 Å². The third-order valence-corrected chi connectivity index (χ3v) is 5.86. The van der Waals surface area contributed by atoms with Crippen molar-refractivity contribution < 1.29 is 19.4 Å². The second-order valence-corrected chi connectivity index (χ2v) is 8.26. The molecule has 0 spiro atoms. The molecular formula is C26H34N2O4. The molecule has 0 aliphatic carbocycles. The van der Waals surface area contributed by atoms with Gasteiger partial charge in [0.05, 0.1) is 19.1 Å². The van der Waals surface area contributed by atoms with E-state index in [2.05, 4.69) is 35.3 Å². The first-order chi connectivity index (χ1) is 15.5. The minimum Gasteiger partial charge on any atom is -0.493 e. The number of carboxylic acids is 1. The topological polar surface area (TPSA) is 78.9 Å². The second kappa shape index (κ2) is 11.6. The molecule has 0 unspecified atom stereocenters. The Kier molecular flexibility index (Phi) is 8.54. The highest BCUT2D eigenvalue weighted by Crippen LogP contribution is 2.31. The van der Waals surface area contributed by atoms with E-state index in [1.165, 1.54) is 36.6 Å². The number of anilines is 1. The molecule has 2 N–H and O–H groups in total. The van der Waals surface area contributed by atoms with Crippen LogP contribution in [0.2, 0.25) is 0 Å². The number of carbonyl (C=O) groups is 2. The summed E-state index contributed by atoms with van der Waals surface area (Å²) in [4.78, 5) is 26.8. The zero-order chi connectivity index (χ0) is 22.9. The number of carboxylic acid groups (broad SMARTS) is 1. The highest BCUT2D eigenvalue weighted by molar-refractivity contribution is 5.91. The Labute approximate surface area is 190 Å². The number of nitrogens with one attached hydrogen (secondary N) is 1. The monoisotopic (exact) mass is 438 g/mol. The van der Waals surface area contributed by atoms with Crippen molar-refractivity contribution in [3.05, 3.63) is 59.2 Å². The summed E-state index contributed by atoms with van der Waals surface area (Å²) in [5, 5.41) is 12.6. The summed E-state index contributed by atoms with van der Waals surface area (Å²) in [6, 6.07) is 13.2. The van der Waals surface area contributed by atoms with Gasteiger partial charge < -0.3 is 20.1 Å². The van der Waals surface area contributed by atoms with E-state index in [0.29, 0.717) is 12.4 Å². The second-order valence-electron chi connectivity index (χ2n) is 8.26. The van der Waals surface area contributed by atoms with Crippen molar-refractivity contribution in [3.63, 3.8) is 0 Å². The van der Waals surface area contributed by atoms with Crippen molar-refractivity contribution >= 4 is 17.6 Å². The van der Waals surface area contributed by atoms with Gasteiger partial charge in [0.1, 0.15) is 11.3 Å². The molecule has 0 bridgehead atoms. The highest BCUT2D eigenvalue weighted by atomic mass is 16.5. The van der Waals surface area contributed by atoms with E-state index >= 15 is 0 Å². The summed E-state index contributed by atoms with van der Waals surface area (Å²) in [6.07, 6.45) is 5.67. The predicted octanol–water partition coefficient (Wildman–Crippen LogP) is 4.97. The van der Waals surface area contributed by atoms with Crippen molar-refractivity contribution in [2.45, 2.75) is 58.4 Å². The number of benzene rings is 2. The summed E-state index contributed by atoms with van der Waals surface area (Å²) in [6.45, 7) is 6.41. The first-order valence-electron chi connectivity index (χ1n) is 11.7. The Morgan fingerprint density at radius 2 is 1.84 bits per heavy atom. The van der Waals surface area contributed by atoms with E-state index in [1.807, 2.05) is 6.07 Å². The van der Waals surface area contributed by atoms with Crippen LogP contribution in [0, 0.1) is 0 Å². The molecule has 1 atom stereocenters. The Hall–Kier alpha value is -3.02. The van der Waals surface area contributed by atoms with E-state index in [0.717, 1.165) is 31.5 Å². The van der Waals surface area contributed by atoms with Gasteiger partial charge in [-0.25, -0.2) is 4.79 Å². The van der Waals surface area contributed by atoms with Gasteiger partial charge in [-0.15, -0.1) is 0 Å². The number of piperidine rings is 1. The molecule has 0 radical (unpaired) electrons. The number of aromatic carboxylic acids is 1. The van der Waals surface area contributed by atoms with Gasteiger partial charge in [0.15, 0.2) is 0 Å². The maximum Gasteiger partial charge on any atom is 0.339 e. The molecule has 32 heavy (non-hydrogen) atoms. The number of carbonyl (C=O) groups excluding carboxylic acids is 1. The van der Waals surface area contributed by atoms with Crippen LogP contribution in [0.3, 0.4) is 0 Å². The fourth-order valence-electron chi connectivity index (χ4n) is 4.36. The van der Waals surface area contributed by atoms with Gasteiger partial charge in [-0.2, -0.15) is 0 Å². The van der Waals surface area contributed by atoms with Crippen molar-refractivity contribution in [3.8, 4) is 5.75 Å². The van der Waals surface area contributed by atoms with Crippen LogP contribution in [0.15, 0.2) is 42.5 Å². The first-order valence-corrected chi connectivity index (χ1v) is 11.7. The van der Waals surface area contributed by atoms with Crippen LogP contribution in [-0.2, 0) is 11.2 Å². The molecule has 1 heterocycles. The number of para-hydroxylation sites is 1. The fraction of sp³-hybridized carbons (Fsp3) is 0.462. The van der Waals surface area contributed by atoms with E-state index < -0.39 is 5.97 Å². The van der Waals surface area contributed by atoms with Crippen LogP contribution >= 0.6 is 0 Å². The third kappa shape index (κ3) is 6.02. The summed E-state index contributed by atoms with van der Waals surface area (Å²) < 4.78 is 5.47. The van der Waals surface area contributed by atoms with E-state index in [4.69, 9.17) is 4.74 Å². The molecule has 3 rings (SSSR count). The number of amides is 1. The molecule has 6 heteroatoms. The number of hydrogen-bond donors (Lipinski definition) is 2. The average Bonchev–Trinajstić information content (AvgIpc) is 2.79. The van der Waals surface area contributed by atoms with E-state index in [-0.39, 0.29) is 23.9 Å². The summed E-state index contributed by atoms with van der Waals surface area (Å²) in [7, 11) is 0. The van der Waals surface area contributed by atoms with Crippen LogP contribution in [-0.4, -0.2) is 36.7 Å². The largest absolute Gasteiger partial charge is 0.493 e. The number of nitrogens with zero attached hydrogens (tertiary/aromatic N) is 1. The Morgan fingerprint density at radius 1 is 1.09 bits per heavy atom. The number of hydrogen-bond acceptors (Lipinski definition) is 4. The molecule has 6 nitrogen and oxygen atoms in total. The van der Waals surface area contributed by atoms with Crippen molar-refractivity contribution in [2.75, 3.05) is 24.6 Å². The van der Waals surface area contributed by atoms with Gasteiger partial charge in [-0.1, -0.05) is 37.6 Å². The van der Waals surface area contributed by atoms with Gasteiger partial charge in [0.2, 0.25) is 5.91 Å². The van der Waals surface area contributed by atoms with Crippen molar-refractivity contribution in [1.82, 2.24) is 5.32 Å². The Balaban J connectivity index is 1.76. The smallest absolute Gasteiger partial charge is 0.339 e. The Morgan fingerprint density at radius 3 is 2.53 bits per heavy atom. The van der Waals surface area contributed by atoms with Crippen molar-refractivity contribution in [1.29, 1.82) is 0 Å². The molecular weight excluding hydrogens is 404 g/mol. The Bertz CT molecular complexity index is 922. The highest BCUT2D eigenvalue weighted by Gasteiger charge is 2.21. The maximum atomic E-state index is 13.0. The molecule has 2 aromatic carbocycles. The summed E-state index contributed by atoms with van der Waals surface area (Å²) >= 11 is 0. The molecule has 1 aliphatic rings. The van der Waals surface area contributed by atoms with Gasteiger partial charge in [0.25, 0.3) is 0 Å². The minimum absolute atomic E-state index is 0.0599. The van der Waals surface area contributed by atoms with Gasteiger partial charge >= 0.3 is 5.97 Å². The lowest BCUT2D eigenvalue weighted by molar-refractivity contribution is -0.121. The third-order valence-electron chi connectivity index (χ3n) is 5.86. The lowest BCUT2D eigenvalue weighted by Crippen LogP contribution is -2.34. The van der Waals surface area contributed by atoms with E-state index in [9.17, 15) is 14.7 Å². The van der Waals surface area contributed by atoms with Crippen LogP contribution in [0.1, 0.15) is 73.5 Å². The lowest BCUT2D eigenvalue weighted by Gasteiger charge is -2.32. The average molecular weight is 439 g/mol. The van der Waals surface area contributed by atoms with E-state index in [1.54, 1.807) is 19.1 Å². The molecule has 1 amide bonds. The molecule has 2 aromatic rings. The molecule has 1 fully saturated rings. The van der Waals surface area contributed by atoms with Crippen LogP contribution in [0.25, 0.3) is 0 Å². The predicted molar refractivity (Wildman–Crippen MR) is 127 cm³/mol. The molecule has 1 saturated heterocycles. The normalized spacial score (nSPS) is 14.6. The minimum atomic E-state index is -1.04. The molecule has 0 saturated carbocycles. The van der Waals surface area contributed by atoms with Gasteiger partial charge in [-0.05, 0) is 61.9 Å². The molecule has 172 valence electrons.